The van der Waals surface area contributed by atoms with Crippen LogP contribution in [-0.4, -0.2) is 30.2 Å². The molecule has 0 aliphatic carbocycles. The molecule has 0 heterocycles. The van der Waals surface area contributed by atoms with Gasteiger partial charge in [0.05, 0.1) is 30.8 Å². The van der Waals surface area contributed by atoms with Crippen LogP contribution in [0, 0.1) is 10.1 Å². The fraction of sp³-hybridized carbons (Fsp3) is 0.300. The van der Waals surface area contributed by atoms with Gasteiger partial charge >= 0.3 is 5.97 Å². The maximum Gasteiger partial charge on any atom is 0.339 e. The van der Waals surface area contributed by atoms with Crippen molar-refractivity contribution in [3.8, 4) is 5.75 Å². The van der Waals surface area contributed by atoms with Crippen molar-refractivity contribution in [3.63, 3.8) is 0 Å². The van der Waals surface area contributed by atoms with Gasteiger partial charge in [0.25, 0.3) is 5.69 Å². The van der Waals surface area contributed by atoms with Gasteiger partial charge in [-0.3, -0.25) is 10.1 Å². The first kappa shape index (κ1) is 12.9. The lowest BCUT2D eigenvalue weighted by atomic mass is 10.1. The molecule has 0 aliphatic rings. The third-order valence-electron chi connectivity index (χ3n) is 2.15. The van der Waals surface area contributed by atoms with Gasteiger partial charge in [-0.2, -0.15) is 0 Å². The summed E-state index contributed by atoms with van der Waals surface area (Å²) in [4.78, 5) is 21.2. The van der Waals surface area contributed by atoms with E-state index in [0.717, 1.165) is 13.2 Å². The van der Waals surface area contributed by atoms with Crippen molar-refractivity contribution in [2.45, 2.75) is 6.10 Å². The minimum Gasteiger partial charge on any atom is -0.497 e. The summed E-state index contributed by atoms with van der Waals surface area (Å²) in [7, 11) is 2.44. The molecular formula is C10H11NO6. The van der Waals surface area contributed by atoms with Gasteiger partial charge in [0.15, 0.2) is 6.10 Å². The number of hydrogen-bond donors (Lipinski definition) is 1. The van der Waals surface area contributed by atoms with E-state index in [1.165, 1.54) is 19.2 Å². The molecule has 1 atom stereocenters. The minimum absolute atomic E-state index is 0.136. The molecule has 92 valence electrons. The molecule has 0 spiro atoms. The molecule has 0 aromatic heterocycles. The highest BCUT2D eigenvalue weighted by Crippen LogP contribution is 2.29. The van der Waals surface area contributed by atoms with Gasteiger partial charge in [0.2, 0.25) is 0 Å². The fourth-order valence-corrected chi connectivity index (χ4v) is 1.28. The Labute approximate surface area is 96.7 Å². The van der Waals surface area contributed by atoms with Crippen LogP contribution in [0.3, 0.4) is 0 Å². The molecule has 17 heavy (non-hydrogen) atoms. The van der Waals surface area contributed by atoms with Crippen LogP contribution in [0.15, 0.2) is 18.2 Å². The van der Waals surface area contributed by atoms with Crippen LogP contribution in [0.4, 0.5) is 5.69 Å². The van der Waals surface area contributed by atoms with E-state index in [1.54, 1.807) is 0 Å². The molecular weight excluding hydrogens is 230 g/mol. The predicted molar refractivity (Wildman–Crippen MR) is 56.6 cm³/mol. The third kappa shape index (κ3) is 2.70. The molecule has 0 radical (unpaired) electrons. The van der Waals surface area contributed by atoms with Gasteiger partial charge in [-0.15, -0.1) is 0 Å². The number of rotatable bonds is 4. The number of ether oxygens (including phenoxy) is 2. The van der Waals surface area contributed by atoms with Crippen molar-refractivity contribution in [2.75, 3.05) is 14.2 Å². The average Bonchev–Trinajstić information content (AvgIpc) is 2.35. The third-order valence-corrected chi connectivity index (χ3v) is 2.15. The van der Waals surface area contributed by atoms with E-state index in [-0.39, 0.29) is 11.3 Å². The molecule has 1 N–H and O–H groups in total. The highest BCUT2D eigenvalue weighted by Gasteiger charge is 2.27. The highest BCUT2D eigenvalue weighted by atomic mass is 16.6. The van der Waals surface area contributed by atoms with E-state index >= 15 is 0 Å². The number of carbonyl (C=O) groups excluding carboxylic acids is 1. The van der Waals surface area contributed by atoms with E-state index < -0.39 is 22.7 Å². The van der Waals surface area contributed by atoms with Gasteiger partial charge in [-0.1, -0.05) is 0 Å². The van der Waals surface area contributed by atoms with Crippen molar-refractivity contribution < 1.29 is 24.3 Å². The van der Waals surface area contributed by atoms with Crippen LogP contribution >= 0.6 is 0 Å². The van der Waals surface area contributed by atoms with Crippen molar-refractivity contribution in [3.05, 3.63) is 33.9 Å². The topological polar surface area (TPSA) is 98.9 Å². The first-order valence-electron chi connectivity index (χ1n) is 4.59. The standard InChI is InChI=1S/C10H11NO6/c1-16-6-3-4-7(8(5-6)11(14)15)9(12)10(13)17-2/h3-5,9,12H,1-2H3. The van der Waals surface area contributed by atoms with E-state index in [2.05, 4.69) is 4.74 Å². The van der Waals surface area contributed by atoms with Crippen molar-refractivity contribution >= 4 is 11.7 Å². The summed E-state index contributed by atoms with van der Waals surface area (Å²) in [5.74, 6) is -0.698. The molecule has 1 rings (SSSR count). The summed E-state index contributed by atoms with van der Waals surface area (Å²) in [6, 6.07) is 3.79. The quantitative estimate of drug-likeness (QED) is 0.475. The number of carbonyl (C=O) groups is 1. The molecule has 1 unspecified atom stereocenters. The van der Waals surface area contributed by atoms with Crippen molar-refractivity contribution in [1.29, 1.82) is 0 Å². The first-order valence-corrected chi connectivity index (χ1v) is 4.59. The number of methoxy groups -OCH3 is 2. The first-order chi connectivity index (χ1) is 8.01. The SMILES string of the molecule is COC(=O)C(O)c1ccc(OC)cc1[N+](=O)[O-]. The smallest absolute Gasteiger partial charge is 0.339 e. The second kappa shape index (κ2) is 5.26. The summed E-state index contributed by atoms with van der Waals surface area (Å²) >= 11 is 0. The number of nitro benzene ring substituents is 1. The van der Waals surface area contributed by atoms with Crippen LogP contribution in [-0.2, 0) is 9.53 Å². The number of hydrogen-bond acceptors (Lipinski definition) is 6. The lowest BCUT2D eigenvalue weighted by Gasteiger charge is -2.09. The number of aliphatic hydroxyl groups excluding tert-OH is 1. The lowest BCUT2D eigenvalue weighted by Crippen LogP contribution is -2.15. The molecule has 7 nitrogen and oxygen atoms in total. The molecule has 0 saturated heterocycles. The number of benzene rings is 1. The zero-order valence-corrected chi connectivity index (χ0v) is 9.25. The molecule has 1 aromatic rings. The summed E-state index contributed by atoms with van der Waals surface area (Å²) in [6.07, 6.45) is -1.69. The number of nitro groups is 1. The zero-order chi connectivity index (χ0) is 13.0. The second-order valence-corrected chi connectivity index (χ2v) is 3.11. The summed E-state index contributed by atoms with van der Waals surface area (Å²) < 4.78 is 9.14. The Morgan fingerprint density at radius 3 is 2.59 bits per heavy atom. The Hall–Kier alpha value is -2.15. The van der Waals surface area contributed by atoms with Gasteiger partial charge < -0.3 is 14.6 Å². The summed E-state index contributed by atoms with van der Waals surface area (Å²) in [5.41, 5.74) is -0.537. The van der Waals surface area contributed by atoms with E-state index in [0.29, 0.717) is 0 Å². The minimum atomic E-state index is -1.69. The number of esters is 1. The van der Waals surface area contributed by atoms with Gasteiger partial charge in [-0.25, -0.2) is 4.79 Å². The Morgan fingerprint density at radius 1 is 1.47 bits per heavy atom. The summed E-state index contributed by atoms with van der Waals surface area (Å²) in [6.45, 7) is 0. The summed E-state index contributed by atoms with van der Waals surface area (Å²) in [5, 5.41) is 20.4. The van der Waals surface area contributed by atoms with Gasteiger partial charge in [0, 0.05) is 0 Å². The number of nitrogens with zero attached hydrogens (tertiary/aromatic N) is 1. The van der Waals surface area contributed by atoms with Crippen LogP contribution < -0.4 is 4.74 Å². The van der Waals surface area contributed by atoms with Crippen molar-refractivity contribution in [1.82, 2.24) is 0 Å². The monoisotopic (exact) mass is 241 g/mol. The Kier molecular flexibility index (Phi) is 4.00. The molecule has 7 heteroatoms. The molecule has 0 bridgehead atoms. The number of aliphatic hydroxyl groups is 1. The van der Waals surface area contributed by atoms with Crippen LogP contribution in [0.1, 0.15) is 11.7 Å². The van der Waals surface area contributed by atoms with Gasteiger partial charge in [0.1, 0.15) is 5.75 Å². The average molecular weight is 241 g/mol. The molecule has 0 amide bonds. The van der Waals surface area contributed by atoms with E-state index in [9.17, 15) is 20.0 Å². The predicted octanol–water partition coefficient (Wildman–Crippen LogP) is 0.810. The second-order valence-electron chi connectivity index (χ2n) is 3.11. The van der Waals surface area contributed by atoms with E-state index in [4.69, 9.17) is 4.74 Å². The van der Waals surface area contributed by atoms with Crippen LogP contribution in [0.5, 0.6) is 5.75 Å². The maximum absolute atomic E-state index is 11.1. The van der Waals surface area contributed by atoms with Crippen molar-refractivity contribution in [2.24, 2.45) is 0 Å². The Morgan fingerprint density at radius 2 is 2.12 bits per heavy atom. The highest BCUT2D eigenvalue weighted by molar-refractivity contribution is 5.77. The largest absolute Gasteiger partial charge is 0.497 e. The Balaban J connectivity index is 3.23. The molecule has 0 aliphatic heterocycles. The maximum atomic E-state index is 11.1. The molecule has 0 fully saturated rings. The van der Waals surface area contributed by atoms with Gasteiger partial charge in [-0.05, 0) is 12.1 Å². The normalized spacial score (nSPS) is 11.7. The molecule has 0 saturated carbocycles. The fourth-order valence-electron chi connectivity index (χ4n) is 1.28. The molecule has 1 aromatic carbocycles. The van der Waals surface area contributed by atoms with E-state index in [1.807, 2.05) is 0 Å². The zero-order valence-electron chi connectivity index (χ0n) is 9.25. The lowest BCUT2D eigenvalue weighted by molar-refractivity contribution is -0.386. The van der Waals surface area contributed by atoms with Crippen LogP contribution in [0.2, 0.25) is 0 Å². The Bertz CT molecular complexity index is 444. The van der Waals surface area contributed by atoms with Crippen LogP contribution in [0.25, 0.3) is 0 Å².